The molecule has 0 aliphatic carbocycles. The lowest BCUT2D eigenvalue weighted by atomic mass is 10.1. The Hall–Kier alpha value is -1.79. The Bertz CT molecular complexity index is 652. The van der Waals surface area contributed by atoms with E-state index >= 15 is 0 Å². The summed E-state index contributed by atoms with van der Waals surface area (Å²) in [7, 11) is 0. The van der Waals surface area contributed by atoms with Crippen molar-refractivity contribution >= 4 is 11.8 Å². The van der Waals surface area contributed by atoms with Gasteiger partial charge in [0.15, 0.2) is 0 Å². The average Bonchev–Trinajstić information content (AvgIpc) is 2.83. The summed E-state index contributed by atoms with van der Waals surface area (Å²) in [4.78, 5) is 17.8. The minimum absolute atomic E-state index is 0.118. The second-order valence-electron chi connectivity index (χ2n) is 9.63. The molecule has 186 valence electrons. The highest BCUT2D eigenvalue weighted by atomic mass is 16.6. The summed E-state index contributed by atoms with van der Waals surface area (Å²) in [5.74, 6) is 0.716. The van der Waals surface area contributed by atoms with Gasteiger partial charge in [-0.2, -0.15) is 0 Å². The third-order valence-electron chi connectivity index (χ3n) is 6.72. The molecule has 0 spiro atoms. The first-order valence-corrected chi connectivity index (χ1v) is 13.4. The molecule has 0 aromatic heterocycles. The average molecular weight is 460 g/mol. The third-order valence-corrected chi connectivity index (χ3v) is 6.72. The van der Waals surface area contributed by atoms with Crippen LogP contribution in [0, 0.1) is 0 Å². The Kier molecular flexibility index (Phi) is 11.9. The number of likely N-dealkylation sites (tertiary alicyclic amines) is 2. The number of piperidine rings is 2. The fraction of sp³-hybridized carbons (Fsp3) is 0.741. The number of carbonyl (C=O) groups is 1. The fourth-order valence-electron chi connectivity index (χ4n) is 4.87. The van der Waals surface area contributed by atoms with Crippen LogP contribution in [0.15, 0.2) is 24.3 Å². The summed E-state index contributed by atoms with van der Waals surface area (Å²) in [6.07, 6.45) is 13.1. The Labute approximate surface area is 201 Å². The van der Waals surface area contributed by atoms with Crippen molar-refractivity contribution in [2.24, 2.45) is 0 Å². The van der Waals surface area contributed by atoms with Crippen LogP contribution in [0.3, 0.4) is 0 Å². The fourth-order valence-corrected chi connectivity index (χ4v) is 4.87. The summed E-state index contributed by atoms with van der Waals surface area (Å²) in [5, 5.41) is 2.95. The van der Waals surface area contributed by atoms with E-state index in [1.54, 1.807) is 0 Å². The van der Waals surface area contributed by atoms with Crippen molar-refractivity contribution in [3.05, 3.63) is 24.3 Å². The molecule has 0 unspecified atom stereocenters. The first-order chi connectivity index (χ1) is 16.2. The SMILES string of the molecule is CCCCCCCOc1ccccc1NC(=O)OC(CN1CCCCC1)CN1CCCCC1. The maximum absolute atomic E-state index is 12.9. The van der Waals surface area contributed by atoms with E-state index < -0.39 is 0 Å². The lowest BCUT2D eigenvalue weighted by molar-refractivity contribution is 0.0438. The van der Waals surface area contributed by atoms with Crippen LogP contribution in [0.4, 0.5) is 10.5 Å². The molecule has 2 aliphatic rings. The van der Waals surface area contributed by atoms with Crippen molar-refractivity contribution < 1.29 is 14.3 Å². The zero-order chi connectivity index (χ0) is 23.1. The van der Waals surface area contributed by atoms with Gasteiger partial charge < -0.3 is 9.47 Å². The van der Waals surface area contributed by atoms with Crippen molar-refractivity contribution in [1.82, 2.24) is 9.80 Å². The second-order valence-corrected chi connectivity index (χ2v) is 9.63. The molecule has 0 bridgehead atoms. The maximum Gasteiger partial charge on any atom is 0.412 e. The van der Waals surface area contributed by atoms with Gasteiger partial charge in [0.2, 0.25) is 0 Å². The quantitative estimate of drug-likeness (QED) is 0.371. The number of carbonyl (C=O) groups excluding carboxylic acids is 1. The van der Waals surface area contributed by atoms with Gasteiger partial charge in [0, 0.05) is 13.1 Å². The van der Waals surface area contributed by atoms with Crippen molar-refractivity contribution in [3.63, 3.8) is 0 Å². The van der Waals surface area contributed by atoms with E-state index in [0.29, 0.717) is 18.0 Å². The molecule has 6 heteroatoms. The Balaban J connectivity index is 1.51. The number of nitrogens with zero attached hydrogens (tertiary/aromatic N) is 2. The van der Waals surface area contributed by atoms with Crippen molar-refractivity contribution in [3.8, 4) is 5.75 Å². The number of anilines is 1. The first-order valence-electron chi connectivity index (χ1n) is 13.4. The summed E-state index contributed by atoms with van der Waals surface area (Å²) < 4.78 is 12.0. The minimum atomic E-state index is -0.381. The molecule has 2 saturated heterocycles. The van der Waals surface area contributed by atoms with Crippen LogP contribution in [0.5, 0.6) is 5.75 Å². The lowest BCUT2D eigenvalue weighted by Gasteiger charge is -2.34. The van der Waals surface area contributed by atoms with Gasteiger partial charge in [-0.05, 0) is 70.4 Å². The minimum Gasteiger partial charge on any atom is -0.491 e. The smallest absolute Gasteiger partial charge is 0.412 e. The Morgan fingerprint density at radius 3 is 2.12 bits per heavy atom. The van der Waals surface area contributed by atoms with Crippen LogP contribution in [0.1, 0.15) is 77.6 Å². The number of para-hydroxylation sites is 2. The normalized spacial score (nSPS) is 17.8. The van der Waals surface area contributed by atoms with E-state index in [9.17, 15) is 4.79 Å². The molecule has 0 atom stereocenters. The summed E-state index contributed by atoms with van der Waals surface area (Å²) >= 11 is 0. The number of ether oxygens (including phenoxy) is 2. The van der Waals surface area contributed by atoms with E-state index in [0.717, 1.165) is 45.7 Å². The number of amides is 1. The summed E-state index contributed by atoms with van der Waals surface area (Å²) in [6.45, 7) is 8.96. The molecule has 1 amide bonds. The number of hydrogen-bond acceptors (Lipinski definition) is 5. The molecule has 33 heavy (non-hydrogen) atoms. The van der Waals surface area contributed by atoms with Crippen molar-refractivity contribution in [1.29, 1.82) is 0 Å². The van der Waals surface area contributed by atoms with E-state index in [2.05, 4.69) is 22.0 Å². The highest BCUT2D eigenvalue weighted by Gasteiger charge is 2.24. The Morgan fingerprint density at radius 2 is 1.48 bits per heavy atom. The van der Waals surface area contributed by atoms with Gasteiger partial charge in [0.25, 0.3) is 0 Å². The largest absolute Gasteiger partial charge is 0.491 e. The molecule has 2 heterocycles. The van der Waals surface area contributed by atoms with Crippen LogP contribution in [-0.4, -0.2) is 67.9 Å². The van der Waals surface area contributed by atoms with Crippen molar-refractivity contribution in [2.75, 3.05) is 51.2 Å². The van der Waals surface area contributed by atoms with Crippen molar-refractivity contribution in [2.45, 2.75) is 83.7 Å². The number of hydrogen-bond donors (Lipinski definition) is 1. The van der Waals surface area contributed by atoms with E-state index in [4.69, 9.17) is 9.47 Å². The second kappa shape index (κ2) is 15.2. The molecule has 1 N–H and O–H groups in total. The highest BCUT2D eigenvalue weighted by molar-refractivity contribution is 5.86. The van der Waals surface area contributed by atoms with Gasteiger partial charge in [0.1, 0.15) is 11.9 Å². The maximum atomic E-state index is 12.9. The molecule has 2 fully saturated rings. The van der Waals surface area contributed by atoms with Crippen LogP contribution >= 0.6 is 0 Å². The van der Waals surface area contributed by atoms with Gasteiger partial charge in [-0.3, -0.25) is 15.1 Å². The molecule has 2 aliphatic heterocycles. The van der Waals surface area contributed by atoms with Gasteiger partial charge >= 0.3 is 6.09 Å². The van der Waals surface area contributed by atoms with E-state index in [-0.39, 0.29) is 12.2 Å². The number of unbranched alkanes of at least 4 members (excludes halogenated alkanes) is 4. The first kappa shape index (κ1) is 25.8. The topological polar surface area (TPSA) is 54.0 Å². The third kappa shape index (κ3) is 9.93. The van der Waals surface area contributed by atoms with Crippen LogP contribution < -0.4 is 10.1 Å². The molecule has 0 saturated carbocycles. The highest BCUT2D eigenvalue weighted by Crippen LogP contribution is 2.24. The molecule has 3 rings (SSSR count). The predicted octanol–water partition coefficient (Wildman–Crippen LogP) is 5.92. The number of rotatable bonds is 13. The number of benzene rings is 1. The van der Waals surface area contributed by atoms with Gasteiger partial charge in [0.05, 0.1) is 12.3 Å². The summed E-state index contributed by atoms with van der Waals surface area (Å²) in [5.41, 5.74) is 0.686. The molecule has 6 nitrogen and oxygen atoms in total. The molecular formula is C27H45N3O3. The van der Waals surface area contributed by atoms with E-state index in [1.165, 1.54) is 64.2 Å². The molecule has 1 aromatic carbocycles. The van der Waals surface area contributed by atoms with Gasteiger partial charge in [-0.25, -0.2) is 4.79 Å². The zero-order valence-electron chi connectivity index (χ0n) is 20.7. The van der Waals surface area contributed by atoms with Gasteiger partial charge in [-0.15, -0.1) is 0 Å². The lowest BCUT2D eigenvalue weighted by Crippen LogP contribution is -2.46. The molecule has 1 aromatic rings. The monoisotopic (exact) mass is 459 g/mol. The Morgan fingerprint density at radius 1 is 0.879 bits per heavy atom. The summed E-state index contributed by atoms with van der Waals surface area (Å²) in [6, 6.07) is 7.67. The van der Waals surface area contributed by atoms with Crippen LogP contribution in [0.25, 0.3) is 0 Å². The molecule has 0 radical (unpaired) electrons. The van der Waals surface area contributed by atoms with Crippen LogP contribution in [0.2, 0.25) is 0 Å². The zero-order valence-corrected chi connectivity index (χ0v) is 20.7. The van der Waals surface area contributed by atoms with E-state index in [1.807, 2.05) is 24.3 Å². The van der Waals surface area contributed by atoms with Crippen LogP contribution in [-0.2, 0) is 4.74 Å². The predicted molar refractivity (Wildman–Crippen MR) is 135 cm³/mol. The standard InChI is InChI=1S/C27H45N3O3/c1-2-3-4-5-14-21-32-26-16-9-8-15-25(26)28-27(31)33-24(22-29-17-10-6-11-18-29)23-30-19-12-7-13-20-30/h8-9,15-16,24H,2-7,10-14,17-23H2,1H3,(H,28,31). The molecular weight excluding hydrogens is 414 g/mol. The van der Waals surface area contributed by atoms with Gasteiger partial charge in [-0.1, -0.05) is 57.6 Å². The number of nitrogens with one attached hydrogen (secondary N) is 1.